The number of hydrogen-bond acceptors (Lipinski definition) is 3. The van der Waals surface area contributed by atoms with Crippen LogP contribution < -0.4 is 16.4 Å². The molecule has 4 unspecified atom stereocenters. The molecule has 2 saturated carbocycles. The van der Waals surface area contributed by atoms with Crippen molar-refractivity contribution in [3.05, 3.63) is 0 Å². The summed E-state index contributed by atoms with van der Waals surface area (Å²) in [7, 11) is 6.01. The van der Waals surface area contributed by atoms with Crippen LogP contribution in [0.4, 0.5) is 0 Å². The first-order valence-electron chi connectivity index (χ1n) is 5.75. The monoisotopic (exact) mass is 191 g/mol. The fraction of sp³-hybridized carbons (Fsp3) is 1.00. The molecule has 1 saturated heterocycles. The molecule has 1 heterocycles. The van der Waals surface area contributed by atoms with Gasteiger partial charge in [-0.2, -0.15) is 0 Å². The van der Waals surface area contributed by atoms with Crippen molar-refractivity contribution < 1.29 is 0 Å². The van der Waals surface area contributed by atoms with Crippen molar-refractivity contribution in [1.29, 1.82) is 0 Å². The van der Waals surface area contributed by atoms with Crippen molar-refractivity contribution in [1.82, 2.24) is 10.6 Å². The lowest BCUT2D eigenvalue weighted by atomic mass is 9.77. The van der Waals surface area contributed by atoms with E-state index < -0.39 is 0 Å². The Morgan fingerprint density at radius 1 is 0.929 bits per heavy atom. The molecule has 0 aromatic carbocycles. The van der Waals surface area contributed by atoms with Crippen molar-refractivity contribution >= 4 is 7.85 Å². The fourth-order valence-corrected chi connectivity index (χ4v) is 3.69. The summed E-state index contributed by atoms with van der Waals surface area (Å²) in [6, 6.07) is 1.19. The molecule has 3 fully saturated rings. The van der Waals surface area contributed by atoms with Crippen LogP contribution in [0.25, 0.3) is 0 Å². The zero-order valence-electron chi connectivity index (χ0n) is 8.45. The first-order valence-corrected chi connectivity index (χ1v) is 5.75. The van der Waals surface area contributed by atoms with Crippen molar-refractivity contribution in [2.75, 3.05) is 0 Å². The summed E-state index contributed by atoms with van der Waals surface area (Å²) >= 11 is 0. The third kappa shape index (κ3) is 1.40. The van der Waals surface area contributed by atoms with Gasteiger partial charge in [-0.1, -0.05) is 18.7 Å². The Hall–Kier alpha value is -0.0551. The highest BCUT2D eigenvalue weighted by molar-refractivity contribution is 6.11. The van der Waals surface area contributed by atoms with Gasteiger partial charge in [-0.05, 0) is 24.7 Å². The zero-order chi connectivity index (χ0) is 9.71. The zero-order valence-corrected chi connectivity index (χ0v) is 8.45. The van der Waals surface area contributed by atoms with E-state index in [9.17, 15) is 0 Å². The Bertz CT molecular complexity index is 191. The molecule has 0 amide bonds. The molecule has 4 N–H and O–H groups in total. The predicted molar refractivity (Wildman–Crippen MR) is 56.8 cm³/mol. The quantitative estimate of drug-likeness (QED) is 0.470. The molecular formula is C10H18BN3. The third-order valence-corrected chi connectivity index (χ3v) is 4.26. The second kappa shape index (κ2) is 3.22. The molecule has 2 aliphatic carbocycles. The number of fused-ring (bicyclic) bond motifs is 2. The molecule has 2 radical (unpaired) electrons. The highest BCUT2D eigenvalue weighted by Gasteiger charge is 2.44. The Kier molecular flexibility index (Phi) is 2.11. The average Bonchev–Trinajstić information content (AvgIpc) is 2.59. The SMILES string of the molecule is [B]C1CC2CC3NC(N)NC3CC2C1. The van der Waals surface area contributed by atoms with Crippen molar-refractivity contribution in [3.8, 4) is 0 Å². The summed E-state index contributed by atoms with van der Waals surface area (Å²) in [6.45, 7) is 0. The molecule has 3 nitrogen and oxygen atoms in total. The topological polar surface area (TPSA) is 50.1 Å². The van der Waals surface area contributed by atoms with E-state index >= 15 is 0 Å². The van der Waals surface area contributed by atoms with E-state index in [1.807, 2.05) is 0 Å². The van der Waals surface area contributed by atoms with Gasteiger partial charge < -0.3 is 5.73 Å². The molecule has 3 aliphatic rings. The van der Waals surface area contributed by atoms with Gasteiger partial charge in [-0.15, -0.1) is 0 Å². The molecule has 0 spiro atoms. The van der Waals surface area contributed by atoms with Gasteiger partial charge in [-0.3, -0.25) is 10.6 Å². The van der Waals surface area contributed by atoms with Crippen LogP contribution >= 0.6 is 0 Å². The molecular weight excluding hydrogens is 173 g/mol. The molecule has 4 heteroatoms. The second-order valence-corrected chi connectivity index (χ2v) is 5.25. The Morgan fingerprint density at radius 3 is 1.93 bits per heavy atom. The summed E-state index contributed by atoms with van der Waals surface area (Å²) in [4.78, 5) is 0. The van der Waals surface area contributed by atoms with Gasteiger partial charge in [0.15, 0.2) is 0 Å². The van der Waals surface area contributed by atoms with Crippen LogP contribution in [0.2, 0.25) is 5.82 Å². The Labute approximate surface area is 86.6 Å². The minimum Gasteiger partial charge on any atom is -0.304 e. The molecule has 0 bridgehead atoms. The lowest BCUT2D eigenvalue weighted by Crippen LogP contribution is -2.42. The standard InChI is InChI=1S/C10H18BN3/c11-7-1-5-3-8-9(4-6(5)2-7)14-10(12)13-8/h5-10,13-14H,1-4,12H2. The molecule has 0 aromatic rings. The maximum Gasteiger partial charge on any atom is 0.109 e. The lowest BCUT2D eigenvalue weighted by molar-refractivity contribution is 0.219. The Morgan fingerprint density at radius 2 is 1.43 bits per heavy atom. The van der Waals surface area contributed by atoms with Gasteiger partial charge in [0.05, 0.1) is 7.85 Å². The van der Waals surface area contributed by atoms with E-state index in [2.05, 4.69) is 10.6 Å². The normalized spacial score (nSPS) is 56.9. The molecule has 4 atom stereocenters. The van der Waals surface area contributed by atoms with Gasteiger partial charge >= 0.3 is 0 Å². The smallest absolute Gasteiger partial charge is 0.109 e. The van der Waals surface area contributed by atoms with Crippen molar-refractivity contribution in [3.63, 3.8) is 0 Å². The number of nitrogens with one attached hydrogen (secondary N) is 2. The Balaban J connectivity index is 1.71. The lowest BCUT2D eigenvalue weighted by Gasteiger charge is -2.34. The highest BCUT2D eigenvalue weighted by Crippen LogP contribution is 2.47. The minimum absolute atomic E-state index is 0.0116. The molecule has 3 rings (SSSR count). The van der Waals surface area contributed by atoms with E-state index in [4.69, 9.17) is 13.6 Å². The van der Waals surface area contributed by atoms with Crippen LogP contribution in [-0.4, -0.2) is 26.2 Å². The fourth-order valence-electron chi connectivity index (χ4n) is 3.69. The van der Waals surface area contributed by atoms with Crippen LogP contribution in [0.1, 0.15) is 25.7 Å². The first kappa shape index (κ1) is 9.19. The van der Waals surface area contributed by atoms with Crippen LogP contribution in [0.5, 0.6) is 0 Å². The van der Waals surface area contributed by atoms with E-state index in [1.165, 1.54) is 25.7 Å². The number of nitrogens with two attached hydrogens (primary N) is 1. The van der Waals surface area contributed by atoms with E-state index in [1.54, 1.807) is 0 Å². The third-order valence-electron chi connectivity index (χ3n) is 4.26. The van der Waals surface area contributed by atoms with E-state index in [-0.39, 0.29) is 6.29 Å². The largest absolute Gasteiger partial charge is 0.304 e. The molecule has 1 aliphatic heterocycles. The maximum atomic E-state index is 6.01. The van der Waals surface area contributed by atoms with Crippen molar-refractivity contribution in [2.45, 2.75) is 49.9 Å². The average molecular weight is 191 g/mol. The highest BCUT2D eigenvalue weighted by atomic mass is 15.3. The van der Waals surface area contributed by atoms with Crippen LogP contribution in [0.3, 0.4) is 0 Å². The summed E-state index contributed by atoms with van der Waals surface area (Å²) in [5, 5.41) is 6.82. The van der Waals surface area contributed by atoms with Gasteiger partial charge in [0.25, 0.3) is 0 Å². The molecule has 0 aromatic heterocycles. The van der Waals surface area contributed by atoms with Gasteiger partial charge in [0, 0.05) is 12.1 Å². The van der Waals surface area contributed by atoms with Crippen molar-refractivity contribution in [2.24, 2.45) is 17.6 Å². The number of rotatable bonds is 0. The second-order valence-electron chi connectivity index (χ2n) is 5.25. The van der Waals surface area contributed by atoms with E-state index in [0.717, 1.165) is 11.8 Å². The maximum absolute atomic E-state index is 6.01. The van der Waals surface area contributed by atoms with Gasteiger partial charge in [0.1, 0.15) is 6.29 Å². The minimum atomic E-state index is 0.0116. The van der Waals surface area contributed by atoms with E-state index in [0.29, 0.717) is 17.9 Å². The number of hydrogen-bond donors (Lipinski definition) is 3. The van der Waals surface area contributed by atoms with Gasteiger partial charge in [-0.25, -0.2) is 0 Å². The first-order chi connectivity index (χ1) is 6.72. The summed E-state index contributed by atoms with van der Waals surface area (Å²) in [5.41, 5.74) is 5.83. The molecule has 76 valence electrons. The van der Waals surface area contributed by atoms with Gasteiger partial charge in [0.2, 0.25) is 0 Å². The summed E-state index contributed by atoms with van der Waals surface area (Å²) in [6.07, 6.45) is 5.00. The van der Waals surface area contributed by atoms with Crippen LogP contribution in [-0.2, 0) is 0 Å². The van der Waals surface area contributed by atoms with Crippen LogP contribution in [0, 0.1) is 11.8 Å². The predicted octanol–water partition coefficient (Wildman–Crippen LogP) is -0.0643. The summed E-state index contributed by atoms with van der Waals surface area (Å²) < 4.78 is 0. The molecule has 14 heavy (non-hydrogen) atoms. The summed E-state index contributed by atoms with van der Waals surface area (Å²) in [5.74, 6) is 2.16. The van der Waals surface area contributed by atoms with Crippen LogP contribution in [0.15, 0.2) is 0 Å².